The number of aliphatic carboxylic acids is 1. The number of carbonyl (C=O) groups is 1. The summed E-state index contributed by atoms with van der Waals surface area (Å²) in [6, 6.07) is 0. The fraction of sp³-hybridized carbons (Fsp3) is 0.900. The zero-order valence-electron chi connectivity index (χ0n) is 8.80. The topological polar surface area (TPSA) is 37.3 Å². The van der Waals surface area contributed by atoms with Gasteiger partial charge in [0.15, 0.2) is 0 Å². The van der Waals surface area contributed by atoms with Gasteiger partial charge in [-0.25, -0.2) is 0 Å². The van der Waals surface area contributed by atoms with E-state index in [9.17, 15) is 4.79 Å². The van der Waals surface area contributed by atoms with Crippen molar-refractivity contribution in [2.75, 3.05) is 11.5 Å². The molecule has 0 amide bonds. The van der Waals surface area contributed by atoms with Gasteiger partial charge in [0.25, 0.3) is 0 Å². The van der Waals surface area contributed by atoms with Crippen molar-refractivity contribution in [3.63, 3.8) is 0 Å². The molecule has 2 nitrogen and oxygen atoms in total. The quantitative estimate of drug-likeness (QED) is 0.648. The first kappa shape index (κ1) is 12.8. The summed E-state index contributed by atoms with van der Waals surface area (Å²) < 4.78 is 0. The molecule has 0 aromatic rings. The second kappa shape index (κ2) is 6.30. The molecule has 0 aliphatic rings. The third kappa shape index (κ3) is 5.97. The fourth-order valence-corrected chi connectivity index (χ4v) is 1.81. The third-order valence-electron chi connectivity index (χ3n) is 2.02. The van der Waals surface area contributed by atoms with E-state index < -0.39 is 11.4 Å². The molecule has 0 aliphatic carbocycles. The van der Waals surface area contributed by atoms with E-state index in [2.05, 4.69) is 6.92 Å². The van der Waals surface area contributed by atoms with Crippen LogP contribution in [-0.4, -0.2) is 22.6 Å². The average Bonchev–Trinajstić information content (AvgIpc) is 2.03. The predicted octanol–water partition coefficient (Wildman–Crippen LogP) is 3.02. The minimum atomic E-state index is -0.687. The number of hydrogen-bond donors (Lipinski definition) is 1. The molecule has 0 saturated heterocycles. The Morgan fingerprint density at radius 1 is 1.38 bits per heavy atom. The minimum Gasteiger partial charge on any atom is -0.481 e. The Bertz CT molecular complexity index is 155. The van der Waals surface area contributed by atoms with E-state index in [1.165, 1.54) is 12.2 Å². The maximum absolute atomic E-state index is 10.7. The monoisotopic (exact) mass is 204 g/mol. The number of carboxylic acid groups (broad SMARTS) is 1. The molecule has 0 atom stereocenters. The molecule has 13 heavy (non-hydrogen) atoms. The standard InChI is InChI=1S/C10H20O2S/c1-4-7-13-8-5-6-10(2,3)9(11)12/h4-8H2,1-3H3,(H,11,12). The van der Waals surface area contributed by atoms with Crippen molar-refractivity contribution >= 4 is 17.7 Å². The van der Waals surface area contributed by atoms with E-state index in [1.807, 2.05) is 11.8 Å². The molecule has 0 spiro atoms. The number of thioether (sulfide) groups is 1. The summed E-state index contributed by atoms with van der Waals surface area (Å²) in [5.74, 6) is 1.59. The second-order valence-corrected chi connectivity index (χ2v) is 5.13. The molecule has 0 rings (SSSR count). The van der Waals surface area contributed by atoms with Crippen LogP contribution in [0.1, 0.15) is 40.0 Å². The van der Waals surface area contributed by atoms with Crippen molar-refractivity contribution < 1.29 is 9.90 Å². The molecule has 0 aliphatic heterocycles. The first-order valence-electron chi connectivity index (χ1n) is 4.82. The molecule has 3 heteroatoms. The van der Waals surface area contributed by atoms with Crippen LogP contribution in [0.3, 0.4) is 0 Å². The number of rotatable bonds is 7. The lowest BCUT2D eigenvalue weighted by Gasteiger charge is -2.18. The molecule has 0 aromatic heterocycles. The van der Waals surface area contributed by atoms with Gasteiger partial charge in [-0.3, -0.25) is 4.79 Å². The van der Waals surface area contributed by atoms with Gasteiger partial charge in [-0.15, -0.1) is 0 Å². The molecule has 0 unspecified atom stereocenters. The summed E-state index contributed by atoms with van der Waals surface area (Å²) in [4.78, 5) is 10.7. The first-order chi connectivity index (χ1) is 6.00. The molecule has 0 saturated carbocycles. The van der Waals surface area contributed by atoms with Crippen LogP contribution in [-0.2, 0) is 4.79 Å². The molecule has 0 bridgehead atoms. The van der Waals surface area contributed by atoms with Gasteiger partial charge >= 0.3 is 5.97 Å². The van der Waals surface area contributed by atoms with Crippen molar-refractivity contribution in [2.24, 2.45) is 5.41 Å². The average molecular weight is 204 g/mol. The first-order valence-corrected chi connectivity index (χ1v) is 5.97. The summed E-state index contributed by atoms with van der Waals surface area (Å²) in [5, 5.41) is 8.84. The summed E-state index contributed by atoms with van der Waals surface area (Å²) >= 11 is 1.91. The maximum atomic E-state index is 10.7. The van der Waals surface area contributed by atoms with Crippen molar-refractivity contribution in [1.29, 1.82) is 0 Å². The lowest BCUT2D eigenvalue weighted by Crippen LogP contribution is -2.23. The van der Waals surface area contributed by atoms with Gasteiger partial charge in [0, 0.05) is 0 Å². The van der Waals surface area contributed by atoms with Gasteiger partial charge in [-0.2, -0.15) is 11.8 Å². The Morgan fingerprint density at radius 3 is 2.46 bits per heavy atom. The number of hydrogen-bond acceptors (Lipinski definition) is 2. The van der Waals surface area contributed by atoms with Gasteiger partial charge in [0.1, 0.15) is 0 Å². The molecular weight excluding hydrogens is 184 g/mol. The van der Waals surface area contributed by atoms with Gasteiger partial charge in [-0.1, -0.05) is 6.92 Å². The molecule has 0 fully saturated rings. The lowest BCUT2D eigenvalue weighted by molar-refractivity contribution is -0.147. The van der Waals surface area contributed by atoms with E-state index in [0.29, 0.717) is 0 Å². The summed E-state index contributed by atoms with van der Waals surface area (Å²) in [6.07, 6.45) is 2.98. The van der Waals surface area contributed by atoms with Gasteiger partial charge in [0.05, 0.1) is 5.41 Å². The van der Waals surface area contributed by atoms with Crippen LogP contribution < -0.4 is 0 Å². The molecule has 0 aromatic carbocycles. The highest BCUT2D eigenvalue weighted by Gasteiger charge is 2.25. The van der Waals surface area contributed by atoms with Crippen LogP contribution in [0, 0.1) is 5.41 Å². The Balaban J connectivity index is 3.46. The second-order valence-electron chi connectivity index (χ2n) is 3.90. The van der Waals surface area contributed by atoms with Crippen LogP contribution >= 0.6 is 11.8 Å². The highest BCUT2D eigenvalue weighted by Crippen LogP contribution is 2.23. The SMILES string of the molecule is CCCSCCCC(C)(C)C(=O)O. The van der Waals surface area contributed by atoms with Crippen LogP contribution in [0.4, 0.5) is 0 Å². The summed E-state index contributed by atoms with van der Waals surface area (Å²) in [5.41, 5.74) is -0.549. The van der Waals surface area contributed by atoms with Crippen molar-refractivity contribution in [3.05, 3.63) is 0 Å². The molecule has 0 radical (unpaired) electrons. The van der Waals surface area contributed by atoms with Crippen LogP contribution in [0.2, 0.25) is 0 Å². The molecule has 1 N–H and O–H groups in total. The minimum absolute atomic E-state index is 0.549. The Kier molecular flexibility index (Phi) is 6.21. The normalized spacial score (nSPS) is 11.6. The van der Waals surface area contributed by atoms with E-state index in [1.54, 1.807) is 13.8 Å². The van der Waals surface area contributed by atoms with Gasteiger partial charge < -0.3 is 5.11 Å². The largest absolute Gasteiger partial charge is 0.481 e. The van der Waals surface area contributed by atoms with E-state index in [4.69, 9.17) is 5.11 Å². The zero-order valence-corrected chi connectivity index (χ0v) is 9.62. The smallest absolute Gasteiger partial charge is 0.309 e. The third-order valence-corrected chi connectivity index (χ3v) is 3.29. The van der Waals surface area contributed by atoms with Crippen LogP contribution in [0.25, 0.3) is 0 Å². The van der Waals surface area contributed by atoms with Crippen LogP contribution in [0.15, 0.2) is 0 Å². The zero-order chi connectivity index (χ0) is 10.3. The Morgan fingerprint density at radius 2 is 2.00 bits per heavy atom. The van der Waals surface area contributed by atoms with E-state index in [0.717, 1.165) is 18.6 Å². The van der Waals surface area contributed by atoms with Crippen LogP contribution in [0.5, 0.6) is 0 Å². The fourth-order valence-electron chi connectivity index (χ4n) is 0.970. The van der Waals surface area contributed by atoms with Crippen molar-refractivity contribution in [1.82, 2.24) is 0 Å². The molecule has 0 heterocycles. The Labute approximate surface area is 85.1 Å². The predicted molar refractivity (Wildman–Crippen MR) is 58.3 cm³/mol. The van der Waals surface area contributed by atoms with Crippen molar-refractivity contribution in [2.45, 2.75) is 40.0 Å². The van der Waals surface area contributed by atoms with Crippen molar-refractivity contribution in [3.8, 4) is 0 Å². The van der Waals surface area contributed by atoms with E-state index >= 15 is 0 Å². The van der Waals surface area contributed by atoms with E-state index in [-0.39, 0.29) is 0 Å². The summed E-state index contributed by atoms with van der Waals surface area (Å²) in [6.45, 7) is 5.74. The highest BCUT2D eigenvalue weighted by atomic mass is 32.2. The summed E-state index contributed by atoms with van der Waals surface area (Å²) in [7, 11) is 0. The highest BCUT2D eigenvalue weighted by molar-refractivity contribution is 7.99. The molecular formula is C10H20O2S. The maximum Gasteiger partial charge on any atom is 0.309 e. The van der Waals surface area contributed by atoms with Gasteiger partial charge in [0.2, 0.25) is 0 Å². The number of carboxylic acids is 1. The molecule has 78 valence electrons. The van der Waals surface area contributed by atoms with Gasteiger partial charge in [-0.05, 0) is 44.6 Å². The lowest BCUT2D eigenvalue weighted by atomic mass is 9.88. The Hall–Kier alpha value is -0.180.